The van der Waals surface area contributed by atoms with Crippen molar-refractivity contribution < 1.29 is 14.3 Å². The Morgan fingerprint density at radius 3 is 2.87 bits per heavy atom. The zero-order valence-corrected chi connectivity index (χ0v) is 13.2. The number of piperidine rings is 1. The number of ether oxygens (including phenoxy) is 1. The summed E-state index contributed by atoms with van der Waals surface area (Å²) in [5, 5.41) is 3.00. The number of anilines is 1. The second-order valence-electron chi connectivity index (χ2n) is 6.83. The number of hydrogen-bond donors (Lipinski definition) is 1. The van der Waals surface area contributed by atoms with E-state index in [-0.39, 0.29) is 17.7 Å². The van der Waals surface area contributed by atoms with Crippen LogP contribution in [0.4, 0.5) is 5.69 Å². The van der Waals surface area contributed by atoms with Gasteiger partial charge in [0, 0.05) is 37.9 Å². The highest BCUT2D eigenvalue weighted by Gasteiger charge is 2.50. The third-order valence-corrected chi connectivity index (χ3v) is 5.50. The highest BCUT2D eigenvalue weighted by molar-refractivity contribution is 6.06. The molecule has 3 heterocycles. The summed E-state index contributed by atoms with van der Waals surface area (Å²) in [5.41, 5.74) is 1.39. The smallest absolute Gasteiger partial charge is 0.236 e. The Morgan fingerprint density at radius 1 is 1.26 bits per heavy atom. The van der Waals surface area contributed by atoms with Crippen LogP contribution in [0.1, 0.15) is 31.2 Å². The summed E-state index contributed by atoms with van der Waals surface area (Å²) in [5.74, 6) is 0.298. The number of benzene rings is 1. The summed E-state index contributed by atoms with van der Waals surface area (Å²) in [6, 6.07) is 7.88. The molecule has 0 aromatic heterocycles. The second kappa shape index (κ2) is 5.64. The van der Waals surface area contributed by atoms with E-state index in [1.165, 1.54) is 0 Å². The van der Waals surface area contributed by atoms with Gasteiger partial charge < -0.3 is 15.0 Å². The molecule has 0 saturated carbocycles. The van der Waals surface area contributed by atoms with E-state index < -0.39 is 5.41 Å². The molecule has 1 aromatic carbocycles. The Hall–Kier alpha value is -1.88. The first kappa shape index (κ1) is 14.7. The fourth-order valence-corrected chi connectivity index (χ4v) is 4.23. The molecule has 1 aromatic rings. The number of likely N-dealkylation sites (tertiary alicyclic amines) is 1. The van der Waals surface area contributed by atoms with Crippen LogP contribution in [-0.4, -0.2) is 43.0 Å². The molecule has 0 radical (unpaired) electrons. The number of amides is 2. The predicted octanol–water partition coefficient (Wildman–Crippen LogP) is 1.93. The molecule has 3 aliphatic rings. The largest absolute Gasteiger partial charge is 0.381 e. The number of carbonyl (C=O) groups excluding carboxylic acids is 2. The Bertz CT molecular complexity index is 639. The van der Waals surface area contributed by atoms with Crippen LogP contribution >= 0.6 is 0 Å². The topological polar surface area (TPSA) is 58.6 Å². The van der Waals surface area contributed by atoms with E-state index in [1.54, 1.807) is 0 Å². The predicted molar refractivity (Wildman–Crippen MR) is 86.1 cm³/mol. The lowest BCUT2D eigenvalue weighted by Crippen LogP contribution is -2.53. The molecule has 2 saturated heterocycles. The van der Waals surface area contributed by atoms with Gasteiger partial charge in [0.1, 0.15) is 0 Å². The van der Waals surface area contributed by atoms with E-state index in [0.29, 0.717) is 19.8 Å². The lowest BCUT2D eigenvalue weighted by Gasteiger charge is -2.40. The zero-order valence-electron chi connectivity index (χ0n) is 13.2. The molecule has 23 heavy (non-hydrogen) atoms. The minimum atomic E-state index is -0.560. The van der Waals surface area contributed by atoms with E-state index in [0.717, 1.165) is 43.5 Å². The van der Waals surface area contributed by atoms with E-state index in [1.807, 2.05) is 29.2 Å². The molecule has 1 atom stereocenters. The number of carbonyl (C=O) groups is 2. The Balaban J connectivity index is 1.59. The molecule has 4 rings (SSSR count). The fraction of sp³-hybridized carbons (Fsp3) is 0.556. The Morgan fingerprint density at radius 2 is 2.04 bits per heavy atom. The molecule has 2 fully saturated rings. The zero-order chi connectivity index (χ0) is 15.9. The number of fused-ring (bicyclic) bond motifs is 2. The Kier molecular flexibility index (Phi) is 3.60. The lowest BCUT2D eigenvalue weighted by atomic mass is 9.74. The van der Waals surface area contributed by atoms with Crippen molar-refractivity contribution in [3.63, 3.8) is 0 Å². The van der Waals surface area contributed by atoms with Crippen LogP contribution in [-0.2, 0) is 19.7 Å². The highest BCUT2D eigenvalue weighted by Crippen LogP contribution is 2.43. The normalized spacial score (nSPS) is 27.8. The van der Waals surface area contributed by atoms with E-state index in [9.17, 15) is 9.59 Å². The highest BCUT2D eigenvalue weighted by atomic mass is 16.5. The number of nitrogens with zero attached hydrogens (tertiary/aromatic N) is 1. The van der Waals surface area contributed by atoms with Crippen molar-refractivity contribution in [1.82, 2.24) is 4.90 Å². The maximum Gasteiger partial charge on any atom is 0.236 e. The molecule has 122 valence electrons. The van der Waals surface area contributed by atoms with Crippen LogP contribution in [0.15, 0.2) is 24.3 Å². The van der Waals surface area contributed by atoms with E-state index in [4.69, 9.17) is 4.74 Å². The molecule has 0 bridgehead atoms. The summed E-state index contributed by atoms with van der Waals surface area (Å²) in [4.78, 5) is 27.5. The molecule has 1 N–H and O–H groups in total. The maximum absolute atomic E-state index is 12.9. The average Bonchev–Trinajstić information content (AvgIpc) is 2.87. The van der Waals surface area contributed by atoms with Crippen molar-refractivity contribution in [3.8, 4) is 0 Å². The van der Waals surface area contributed by atoms with Gasteiger partial charge in [-0.25, -0.2) is 0 Å². The first-order valence-electron chi connectivity index (χ1n) is 8.48. The maximum atomic E-state index is 12.9. The van der Waals surface area contributed by atoms with Gasteiger partial charge >= 0.3 is 0 Å². The summed E-state index contributed by atoms with van der Waals surface area (Å²) < 4.78 is 5.36. The first-order valence-corrected chi connectivity index (χ1v) is 8.48. The number of rotatable bonds is 1. The SMILES string of the molecule is O=C(C1CCOCC1)N1CCC[C@]2(C1)C(=O)Nc1ccccc12. The number of hydrogen-bond acceptors (Lipinski definition) is 3. The van der Waals surface area contributed by atoms with Crippen LogP contribution in [0.3, 0.4) is 0 Å². The van der Waals surface area contributed by atoms with Gasteiger partial charge in [-0.2, -0.15) is 0 Å². The third-order valence-electron chi connectivity index (χ3n) is 5.50. The van der Waals surface area contributed by atoms with Crippen LogP contribution in [0.25, 0.3) is 0 Å². The third kappa shape index (κ3) is 2.34. The second-order valence-corrected chi connectivity index (χ2v) is 6.83. The van der Waals surface area contributed by atoms with Gasteiger partial charge in [-0.3, -0.25) is 9.59 Å². The fourth-order valence-electron chi connectivity index (χ4n) is 4.23. The van der Waals surface area contributed by atoms with Gasteiger partial charge in [-0.05, 0) is 37.3 Å². The average molecular weight is 314 g/mol. The molecule has 5 heteroatoms. The summed E-state index contributed by atoms with van der Waals surface area (Å²) in [7, 11) is 0. The number of para-hydroxylation sites is 1. The van der Waals surface area contributed by atoms with Crippen molar-refractivity contribution in [1.29, 1.82) is 0 Å². The molecule has 2 amide bonds. The van der Waals surface area contributed by atoms with Crippen molar-refractivity contribution in [2.24, 2.45) is 5.92 Å². The van der Waals surface area contributed by atoms with Crippen molar-refractivity contribution in [3.05, 3.63) is 29.8 Å². The van der Waals surface area contributed by atoms with Crippen molar-refractivity contribution >= 4 is 17.5 Å². The molecular weight excluding hydrogens is 292 g/mol. The van der Waals surface area contributed by atoms with Crippen LogP contribution in [0.5, 0.6) is 0 Å². The minimum absolute atomic E-state index is 0.0446. The van der Waals surface area contributed by atoms with Gasteiger partial charge in [0.15, 0.2) is 0 Å². The summed E-state index contributed by atoms with van der Waals surface area (Å²) in [6.07, 6.45) is 3.28. The van der Waals surface area contributed by atoms with Gasteiger partial charge in [-0.15, -0.1) is 0 Å². The quantitative estimate of drug-likeness (QED) is 0.861. The van der Waals surface area contributed by atoms with Crippen molar-refractivity contribution in [2.45, 2.75) is 31.1 Å². The molecule has 1 spiro atoms. The molecule has 5 nitrogen and oxygen atoms in total. The van der Waals surface area contributed by atoms with E-state index >= 15 is 0 Å². The molecule has 0 unspecified atom stereocenters. The van der Waals surface area contributed by atoms with Crippen LogP contribution in [0, 0.1) is 5.92 Å². The standard InChI is InChI=1S/C18H22N2O3/c21-16(13-6-10-23-11-7-13)20-9-3-8-18(12-20)14-4-1-2-5-15(14)19-17(18)22/h1-2,4-5,13H,3,6-12H2,(H,19,22)/t18-/m1/s1. The van der Waals surface area contributed by atoms with Gasteiger partial charge in [0.25, 0.3) is 0 Å². The monoisotopic (exact) mass is 314 g/mol. The number of nitrogens with one attached hydrogen (secondary N) is 1. The van der Waals surface area contributed by atoms with Gasteiger partial charge in [-0.1, -0.05) is 18.2 Å². The van der Waals surface area contributed by atoms with E-state index in [2.05, 4.69) is 5.32 Å². The lowest BCUT2D eigenvalue weighted by molar-refractivity contribution is -0.142. The molecule has 0 aliphatic carbocycles. The Labute approximate surface area is 136 Å². The molecule has 3 aliphatic heterocycles. The van der Waals surface area contributed by atoms with Gasteiger partial charge in [0.2, 0.25) is 11.8 Å². The van der Waals surface area contributed by atoms with Crippen LogP contribution in [0.2, 0.25) is 0 Å². The first-order chi connectivity index (χ1) is 11.2. The summed E-state index contributed by atoms with van der Waals surface area (Å²) >= 11 is 0. The summed E-state index contributed by atoms with van der Waals surface area (Å²) in [6.45, 7) is 2.59. The minimum Gasteiger partial charge on any atom is -0.381 e. The molecular formula is C18H22N2O3. The van der Waals surface area contributed by atoms with Gasteiger partial charge in [0.05, 0.1) is 5.41 Å². The van der Waals surface area contributed by atoms with Crippen molar-refractivity contribution in [2.75, 3.05) is 31.6 Å². The van der Waals surface area contributed by atoms with Crippen LogP contribution < -0.4 is 5.32 Å².